The maximum absolute atomic E-state index is 12.7. The monoisotopic (exact) mass is 361 g/mol. The first-order valence-corrected chi connectivity index (χ1v) is 9.34. The van der Waals surface area contributed by atoms with Crippen molar-refractivity contribution < 1.29 is 4.79 Å². The Hall–Kier alpha value is -3.02. The second-order valence-corrected chi connectivity index (χ2v) is 6.98. The number of aromatic nitrogens is 4. The van der Waals surface area contributed by atoms with Gasteiger partial charge in [0.25, 0.3) is 0 Å². The molecule has 1 aliphatic rings. The van der Waals surface area contributed by atoms with Crippen LogP contribution in [0.1, 0.15) is 35.8 Å². The largest absolute Gasteiger partial charge is 0.342 e. The Bertz CT molecular complexity index is 921. The third-order valence-corrected chi connectivity index (χ3v) is 5.10. The molecule has 0 unspecified atom stereocenters. The number of likely N-dealkylation sites (tertiary alicyclic amines) is 1. The highest BCUT2D eigenvalue weighted by Crippen LogP contribution is 2.26. The lowest BCUT2D eigenvalue weighted by Gasteiger charge is -2.32. The highest BCUT2D eigenvalue weighted by Gasteiger charge is 2.26. The molecular weight excluding hydrogens is 338 g/mol. The van der Waals surface area contributed by atoms with Gasteiger partial charge in [-0.2, -0.15) is 0 Å². The van der Waals surface area contributed by atoms with Gasteiger partial charge < -0.3 is 4.90 Å². The van der Waals surface area contributed by atoms with E-state index < -0.39 is 0 Å². The molecule has 1 saturated heterocycles. The first-order valence-electron chi connectivity index (χ1n) is 9.34. The number of amides is 1. The molecular formula is C21H23N5O. The second kappa shape index (κ2) is 7.70. The molecule has 6 heteroatoms. The third-order valence-electron chi connectivity index (χ3n) is 5.10. The minimum absolute atomic E-state index is 0.161. The molecule has 0 N–H and O–H groups in total. The second-order valence-electron chi connectivity index (χ2n) is 6.98. The zero-order chi connectivity index (χ0) is 18.6. The standard InChI is InChI=1S/C21H23N5O/c1-16-23-10-12-26(16)20-8-2-7-19(24-20)18-6-4-11-25(15-18)21(27)13-17-5-3-9-22-14-17/h2-3,5,7-10,12,14,18H,4,6,11,13,15H2,1H3/t18-/m1/s1. The zero-order valence-corrected chi connectivity index (χ0v) is 15.5. The lowest BCUT2D eigenvalue weighted by atomic mass is 9.94. The molecule has 0 aliphatic carbocycles. The summed E-state index contributed by atoms with van der Waals surface area (Å²) in [5.74, 6) is 2.22. The average Bonchev–Trinajstić information content (AvgIpc) is 3.15. The summed E-state index contributed by atoms with van der Waals surface area (Å²) < 4.78 is 1.98. The Morgan fingerprint density at radius 1 is 1.22 bits per heavy atom. The molecule has 4 rings (SSSR count). The molecule has 0 saturated carbocycles. The molecule has 1 atom stereocenters. The zero-order valence-electron chi connectivity index (χ0n) is 15.5. The van der Waals surface area contributed by atoms with Gasteiger partial charge in [0.15, 0.2) is 0 Å². The van der Waals surface area contributed by atoms with Gasteiger partial charge in [0, 0.05) is 49.5 Å². The molecule has 3 aromatic heterocycles. The van der Waals surface area contributed by atoms with Crippen LogP contribution in [0.4, 0.5) is 0 Å². The van der Waals surface area contributed by atoms with Gasteiger partial charge in [-0.1, -0.05) is 12.1 Å². The maximum atomic E-state index is 12.7. The summed E-state index contributed by atoms with van der Waals surface area (Å²) >= 11 is 0. The van der Waals surface area contributed by atoms with Crippen molar-refractivity contribution in [2.24, 2.45) is 0 Å². The summed E-state index contributed by atoms with van der Waals surface area (Å²) in [5, 5.41) is 0. The van der Waals surface area contributed by atoms with E-state index in [0.29, 0.717) is 6.42 Å². The molecule has 0 aromatic carbocycles. The molecule has 0 bridgehead atoms. The minimum Gasteiger partial charge on any atom is -0.342 e. The van der Waals surface area contributed by atoms with E-state index in [9.17, 15) is 4.79 Å². The number of imidazole rings is 1. The number of nitrogens with zero attached hydrogens (tertiary/aromatic N) is 5. The van der Waals surface area contributed by atoms with Crippen LogP contribution in [0.2, 0.25) is 0 Å². The number of hydrogen-bond donors (Lipinski definition) is 0. The van der Waals surface area contributed by atoms with E-state index in [-0.39, 0.29) is 11.8 Å². The van der Waals surface area contributed by atoms with Crippen molar-refractivity contribution in [2.45, 2.75) is 32.1 Å². The fourth-order valence-corrected chi connectivity index (χ4v) is 3.66. The molecule has 1 amide bonds. The number of carbonyl (C=O) groups is 1. The van der Waals surface area contributed by atoms with Gasteiger partial charge in [-0.3, -0.25) is 14.3 Å². The quantitative estimate of drug-likeness (QED) is 0.717. The lowest BCUT2D eigenvalue weighted by Crippen LogP contribution is -2.40. The van der Waals surface area contributed by atoms with E-state index in [4.69, 9.17) is 4.98 Å². The summed E-state index contributed by atoms with van der Waals surface area (Å²) in [6.45, 7) is 3.50. The Kier molecular flexibility index (Phi) is 4.96. The molecule has 3 aromatic rings. The van der Waals surface area contributed by atoms with E-state index in [0.717, 1.165) is 48.8 Å². The molecule has 138 valence electrons. The van der Waals surface area contributed by atoms with Crippen LogP contribution in [0.25, 0.3) is 5.82 Å². The Balaban J connectivity index is 1.48. The summed E-state index contributed by atoms with van der Waals surface area (Å²) in [6.07, 6.45) is 9.65. The number of aryl methyl sites for hydroxylation is 1. The van der Waals surface area contributed by atoms with Gasteiger partial charge in [0.05, 0.1) is 6.42 Å². The highest BCUT2D eigenvalue weighted by atomic mass is 16.2. The summed E-state index contributed by atoms with van der Waals surface area (Å²) in [7, 11) is 0. The molecule has 27 heavy (non-hydrogen) atoms. The van der Waals surface area contributed by atoms with Crippen LogP contribution in [0.15, 0.2) is 55.1 Å². The molecule has 4 heterocycles. The van der Waals surface area contributed by atoms with Crippen molar-refractivity contribution >= 4 is 5.91 Å². The van der Waals surface area contributed by atoms with Crippen LogP contribution in [-0.4, -0.2) is 43.4 Å². The first kappa shape index (κ1) is 17.4. The van der Waals surface area contributed by atoms with Gasteiger partial charge in [-0.25, -0.2) is 9.97 Å². The number of rotatable bonds is 4. The molecule has 0 radical (unpaired) electrons. The fraction of sp³-hybridized carbons (Fsp3) is 0.333. The maximum Gasteiger partial charge on any atom is 0.227 e. The van der Waals surface area contributed by atoms with Crippen molar-refractivity contribution in [3.05, 3.63) is 72.2 Å². The third kappa shape index (κ3) is 3.89. The van der Waals surface area contributed by atoms with Crippen LogP contribution in [-0.2, 0) is 11.2 Å². The number of carbonyl (C=O) groups excluding carboxylic acids is 1. The van der Waals surface area contributed by atoms with E-state index >= 15 is 0 Å². The van der Waals surface area contributed by atoms with Crippen molar-refractivity contribution in [3.8, 4) is 5.82 Å². The van der Waals surface area contributed by atoms with Gasteiger partial charge in [-0.05, 0) is 43.5 Å². The van der Waals surface area contributed by atoms with Crippen molar-refractivity contribution in [2.75, 3.05) is 13.1 Å². The topological polar surface area (TPSA) is 63.9 Å². The normalized spacial score (nSPS) is 17.1. The minimum atomic E-state index is 0.161. The predicted octanol–water partition coefficient (Wildman–Crippen LogP) is 2.92. The lowest BCUT2D eigenvalue weighted by molar-refractivity contribution is -0.131. The fourth-order valence-electron chi connectivity index (χ4n) is 3.66. The summed E-state index contributed by atoms with van der Waals surface area (Å²) in [4.78, 5) is 27.9. The van der Waals surface area contributed by atoms with Crippen LogP contribution >= 0.6 is 0 Å². The van der Waals surface area contributed by atoms with Crippen molar-refractivity contribution in [1.82, 2.24) is 24.4 Å². The van der Waals surface area contributed by atoms with Crippen LogP contribution in [0.5, 0.6) is 0 Å². The van der Waals surface area contributed by atoms with Crippen molar-refractivity contribution in [3.63, 3.8) is 0 Å². The SMILES string of the molecule is Cc1nccn1-c1cccc([C@@H]2CCCN(C(=O)Cc3cccnc3)C2)n1. The molecule has 1 aliphatic heterocycles. The molecule has 0 spiro atoms. The Morgan fingerprint density at radius 2 is 2.15 bits per heavy atom. The number of pyridine rings is 2. The predicted molar refractivity (Wildman–Crippen MR) is 103 cm³/mol. The average molecular weight is 361 g/mol. The number of piperidine rings is 1. The first-order chi connectivity index (χ1) is 13.2. The Morgan fingerprint density at radius 3 is 2.93 bits per heavy atom. The molecule has 6 nitrogen and oxygen atoms in total. The van der Waals surface area contributed by atoms with Gasteiger partial charge in [-0.15, -0.1) is 0 Å². The van der Waals surface area contributed by atoms with E-state index in [2.05, 4.69) is 16.0 Å². The number of hydrogen-bond acceptors (Lipinski definition) is 4. The summed E-state index contributed by atoms with van der Waals surface area (Å²) in [6, 6.07) is 9.91. The van der Waals surface area contributed by atoms with Crippen LogP contribution < -0.4 is 0 Å². The van der Waals surface area contributed by atoms with Gasteiger partial charge in [0.1, 0.15) is 11.6 Å². The van der Waals surface area contributed by atoms with E-state index in [1.807, 2.05) is 46.9 Å². The smallest absolute Gasteiger partial charge is 0.227 e. The van der Waals surface area contributed by atoms with Crippen LogP contribution in [0, 0.1) is 6.92 Å². The van der Waals surface area contributed by atoms with Gasteiger partial charge in [0.2, 0.25) is 5.91 Å². The van der Waals surface area contributed by atoms with Crippen molar-refractivity contribution in [1.29, 1.82) is 0 Å². The Labute approximate surface area is 158 Å². The van der Waals surface area contributed by atoms with Gasteiger partial charge >= 0.3 is 0 Å². The molecule has 1 fully saturated rings. The van der Waals surface area contributed by atoms with E-state index in [1.54, 1.807) is 18.6 Å². The van der Waals surface area contributed by atoms with Crippen LogP contribution in [0.3, 0.4) is 0 Å². The van der Waals surface area contributed by atoms with E-state index in [1.165, 1.54) is 0 Å². The highest BCUT2D eigenvalue weighted by molar-refractivity contribution is 5.78. The summed E-state index contributed by atoms with van der Waals surface area (Å²) in [5.41, 5.74) is 2.00.